The molecule has 8 heteroatoms. The van der Waals surface area contributed by atoms with Crippen LogP contribution >= 0.6 is 27.3 Å². The van der Waals surface area contributed by atoms with Crippen molar-refractivity contribution in [1.29, 1.82) is 0 Å². The summed E-state index contributed by atoms with van der Waals surface area (Å²) in [4.78, 5) is 17.0. The number of halogens is 4. The van der Waals surface area contributed by atoms with Gasteiger partial charge in [-0.1, -0.05) is 0 Å². The molecule has 100 valence electrons. The average molecular weight is 351 g/mol. The Labute approximate surface area is 117 Å². The van der Waals surface area contributed by atoms with Gasteiger partial charge in [0.05, 0.1) is 9.48 Å². The molecular weight excluding hydrogens is 345 g/mol. The summed E-state index contributed by atoms with van der Waals surface area (Å²) in [7, 11) is 0. The van der Waals surface area contributed by atoms with Gasteiger partial charge in [-0.2, -0.15) is 18.2 Å². The van der Waals surface area contributed by atoms with E-state index < -0.39 is 17.6 Å². The maximum atomic E-state index is 12.5. The van der Waals surface area contributed by atoms with Crippen molar-refractivity contribution in [2.24, 2.45) is 0 Å². The van der Waals surface area contributed by atoms with Crippen LogP contribution in [0.5, 0.6) is 0 Å². The SMILES string of the molecule is O=c1nc(C=Cc2ccc(Br)s2)cc(C(F)(F)F)[nH]1. The number of hydrogen-bond acceptors (Lipinski definition) is 3. The van der Waals surface area contributed by atoms with Gasteiger partial charge in [0.25, 0.3) is 0 Å². The molecule has 0 saturated carbocycles. The zero-order valence-corrected chi connectivity index (χ0v) is 11.6. The van der Waals surface area contributed by atoms with Crippen molar-refractivity contribution >= 4 is 39.4 Å². The Balaban J connectivity index is 2.33. The van der Waals surface area contributed by atoms with Gasteiger partial charge < -0.3 is 4.98 Å². The lowest BCUT2D eigenvalue weighted by molar-refractivity contribution is -0.141. The van der Waals surface area contributed by atoms with E-state index in [1.54, 1.807) is 17.1 Å². The minimum Gasteiger partial charge on any atom is -0.302 e. The molecule has 0 spiro atoms. The number of nitrogens with zero attached hydrogens (tertiary/aromatic N) is 1. The molecule has 0 aliphatic carbocycles. The summed E-state index contributed by atoms with van der Waals surface area (Å²) >= 11 is 4.69. The van der Waals surface area contributed by atoms with Crippen molar-refractivity contribution in [1.82, 2.24) is 9.97 Å². The highest BCUT2D eigenvalue weighted by Crippen LogP contribution is 2.27. The summed E-state index contributed by atoms with van der Waals surface area (Å²) in [5.74, 6) is 0. The monoisotopic (exact) mass is 350 g/mol. The highest BCUT2D eigenvalue weighted by atomic mass is 79.9. The Hall–Kier alpha value is -1.41. The zero-order chi connectivity index (χ0) is 14.0. The second-order valence-corrected chi connectivity index (χ2v) is 5.99. The lowest BCUT2D eigenvalue weighted by Crippen LogP contribution is -2.19. The van der Waals surface area contributed by atoms with Gasteiger partial charge in [0, 0.05) is 4.88 Å². The van der Waals surface area contributed by atoms with E-state index in [0.717, 1.165) is 14.7 Å². The normalized spacial score (nSPS) is 12.2. The third kappa shape index (κ3) is 3.77. The fourth-order valence-corrected chi connectivity index (χ4v) is 2.63. The molecule has 1 N–H and O–H groups in total. The van der Waals surface area contributed by atoms with Gasteiger partial charge in [-0.05, 0) is 46.3 Å². The topological polar surface area (TPSA) is 45.8 Å². The van der Waals surface area contributed by atoms with Crippen molar-refractivity contribution in [2.75, 3.05) is 0 Å². The Morgan fingerprint density at radius 2 is 2.05 bits per heavy atom. The van der Waals surface area contributed by atoms with Gasteiger partial charge in [-0.15, -0.1) is 11.3 Å². The van der Waals surface area contributed by atoms with Crippen LogP contribution in [0, 0.1) is 0 Å². The number of nitrogens with one attached hydrogen (secondary N) is 1. The molecule has 3 nitrogen and oxygen atoms in total. The average Bonchev–Trinajstić information content (AvgIpc) is 2.71. The van der Waals surface area contributed by atoms with Crippen LogP contribution in [0.15, 0.2) is 26.8 Å². The summed E-state index contributed by atoms with van der Waals surface area (Å²) in [5.41, 5.74) is -2.18. The smallest absolute Gasteiger partial charge is 0.302 e. The van der Waals surface area contributed by atoms with E-state index >= 15 is 0 Å². The summed E-state index contributed by atoms with van der Waals surface area (Å²) in [6.07, 6.45) is -1.64. The van der Waals surface area contributed by atoms with E-state index in [1.807, 2.05) is 6.07 Å². The standard InChI is InChI=1S/C11H6BrF3N2OS/c12-9-4-3-7(19-9)2-1-6-5-8(11(13,14)15)17-10(18)16-6/h1-5H,(H,16,17,18). The van der Waals surface area contributed by atoms with E-state index in [4.69, 9.17) is 0 Å². The molecule has 2 heterocycles. The van der Waals surface area contributed by atoms with Crippen LogP contribution in [0.4, 0.5) is 13.2 Å². The number of rotatable bonds is 2. The predicted octanol–water partition coefficient (Wildman–Crippen LogP) is 3.78. The second kappa shape index (κ2) is 5.30. The summed E-state index contributed by atoms with van der Waals surface area (Å²) in [6, 6.07) is 4.40. The fourth-order valence-electron chi connectivity index (χ4n) is 1.30. The lowest BCUT2D eigenvalue weighted by Gasteiger charge is -2.05. The molecule has 0 saturated heterocycles. The summed E-state index contributed by atoms with van der Waals surface area (Å²) in [6.45, 7) is 0. The van der Waals surface area contributed by atoms with Crippen LogP contribution in [0.1, 0.15) is 16.3 Å². The molecule has 0 aliphatic heterocycles. The Bertz CT molecular complexity index is 675. The zero-order valence-electron chi connectivity index (χ0n) is 9.16. The van der Waals surface area contributed by atoms with Crippen molar-refractivity contribution in [3.05, 3.63) is 48.7 Å². The molecule has 2 aromatic rings. The summed E-state index contributed by atoms with van der Waals surface area (Å²) in [5, 5.41) is 0. The number of thiophene rings is 1. The first-order valence-corrected chi connectivity index (χ1v) is 6.57. The molecular formula is C11H6BrF3N2OS. The van der Waals surface area contributed by atoms with Crippen molar-refractivity contribution in [3.63, 3.8) is 0 Å². The van der Waals surface area contributed by atoms with Gasteiger partial charge in [-0.25, -0.2) is 4.79 Å². The number of aromatic nitrogens is 2. The van der Waals surface area contributed by atoms with Crippen LogP contribution in [0.3, 0.4) is 0 Å². The van der Waals surface area contributed by atoms with Crippen molar-refractivity contribution in [2.45, 2.75) is 6.18 Å². The quantitative estimate of drug-likeness (QED) is 0.895. The lowest BCUT2D eigenvalue weighted by atomic mass is 10.3. The Morgan fingerprint density at radius 1 is 1.32 bits per heavy atom. The van der Waals surface area contributed by atoms with Gasteiger partial charge in [0.1, 0.15) is 5.69 Å². The maximum absolute atomic E-state index is 12.5. The number of H-pyrrole nitrogens is 1. The van der Waals surface area contributed by atoms with E-state index in [2.05, 4.69) is 20.9 Å². The Kier molecular flexibility index (Phi) is 3.91. The van der Waals surface area contributed by atoms with Crippen LogP contribution in [0.25, 0.3) is 12.2 Å². The molecule has 2 rings (SSSR count). The highest BCUT2D eigenvalue weighted by Gasteiger charge is 2.32. The van der Waals surface area contributed by atoms with Crippen LogP contribution in [-0.2, 0) is 6.18 Å². The molecule has 0 radical (unpaired) electrons. The first-order chi connectivity index (χ1) is 8.84. The third-order valence-corrected chi connectivity index (χ3v) is 3.67. The molecule has 0 unspecified atom stereocenters. The van der Waals surface area contributed by atoms with Gasteiger partial charge in [0.2, 0.25) is 0 Å². The molecule has 0 aromatic carbocycles. The molecule has 2 aromatic heterocycles. The first-order valence-electron chi connectivity index (χ1n) is 4.96. The van der Waals surface area contributed by atoms with Gasteiger partial charge in [0.15, 0.2) is 0 Å². The Morgan fingerprint density at radius 3 is 2.63 bits per heavy atom. The molecule has 0 amide bonds. The largest absolute Gasteiger partial charge is 0.431 e. The molecule has 0 aliphatic rings. The van der Waals surface area contributed by atoms with E-state index in [0.29, 0.717) is 0 Å². The van der Waals surface area contributed by atoms with Gasteiger partial charge in [-0.3, -0.25) is 0 Å². The van der Waals surface area contributed by atoms with E-state index in [1.165, 1.54) is 17.4 Å². The van der Waals surface area contributed by atoms with Crippen molar-refractivity contribution in [3.8, 4) is 0 Å². The first kappa shape index (κ1) is 14.0. The number of aromatic amines is 1. The minimum absolute atomic E-state index is 0.0411. The van der Waals surface area contributed by atoms with E-state index in [-0.39, 0.29) is 5.69 Å². The van der Waals surface area contributed by atoms with Crippen LogP contribution in [-0.4, -0.2) is 9.97 Å². The number of hydrogen-bond donors (Lipinski definition) is 1. The minimum atomic E-state index is -4.60. The predicted molar refractivity (Wildman–Crippen MR) is 70.8 cm³/mol. The van der Waals surface area contributed by atoms with Crippen LogP contribution < -0.4 is 5.69 Å². The molecule has 0 atom stereocenters. The maximum Gasteiger partial charge on any atom is 0.431 e. The molecule has 0 fully saturated rings. The van der Waals surface area contributed by atoms with Gasteiger partial charge >= 0.3 is 11.9 Å². The van der Waals surface area contributed by atoms with Crippen molar-refractivity contribution < 1.29 is 13.2 Å². The van der Waals surface area contributed by atoms with Crippen LogP contribution in [0.2, 0.25) is 0 Å². The number of alkyl halides is 3. The fraction of sp³-hybridized carbons (Fsp3) is 0.0909. The second-order valence-electron chi connectivity index (χ2n) is 3.50. The highest BCUT2D eigenvalue weighted by molar-refractivity contribution is 9.11. The third-order valence-electron chi connectivity index (χ3n) is 2.08. The molecule has 19 heavy (non-hydrogen) atoms. The molecule has 0 bridgehead atoms. The van der Waals surface area contributed by atoms with E-state index in [9.17, 15) is 18.0 Å². The summed E-state index contributed by atoms with van der Waals surface area (Å²) < 4.78 is 38.4.